The highest BCUT2D eigenvalue weighted by molar-refractivity contribution is 5.97. The number of aromatic nitrogens is 1. The van der Waals surface area contributed by atoms with Crippen LogP contribution >= 0.6 is 0 Å². The quantitative estimate of drug-likeness (QED) is 0.764. The Morgan fingerprint density at radius 2 is 2.10 bits per heavy atom. The van der Waals surface area contributed by atoms with Crippen molar-refractivity contribution in [1.29, 1.82) is 0 Å². The van der Waals surface area contributed by atoms with Crippen molar-refractivity contribution in [3.63, 3.8) is 0 Å². The van der Waals surface area contributed by atoms with Crippen molar-refractivity contribution in [2.75, 3.05) is 13.7 Å². The van der Waals surface area contributed by atoms with Crippen LogP contribution in [0.1, 0.15) is 22.8 Å². The number of aryl methyl sites for hydroxylation is 1. The Hall–Kier alpha value is -2.49. The van der Waals surface area contributed by atoms with Crippen molar-refractivity contribution in [3.05, 3.63) is 53.9 Å². The maximum Gasteiger partial charge on any atom is 0.201 e. The smallest absolute Gasteiger partial charge is 0.201 e. The van der Waals surface area contributed by atoms with Crippen molar-refractivity contribution in [2.24, 2.45) is 7.05 Å². The van der Waals surface area contributed by atoms with E-state index in [4.69, 9.17) is 9.47 Å². The van der Waals surface area contributed by atoms with Gasteiger partial charge in [0.25, 0.3) is 0 Å². The van der Waals surface area contributed by atoms with Gasteiger partial charge in [0.2, 0.25) is 5.78 Å². The van der Waals surface area contributed by atoms with E-state index in [1.165, 1.54) is 0 Å². The summed E-state index contributed by atoms with van der Waals surface area (Å²) in [5, 5.41) is 0. The summed E-state index contributed by atoms with van der Waals surface area (Å²) in [5.41, 5.74) is 1.66. The minimum Gasteiger partial charge on any atom is -0.493 e. The average Bonchev–Trinajstić information content (AvgIpc) is 2.92. The fraction of sp³-hybridized carbons (Fsp3) is 0.235. The van der Waals surface area contributed by atoms with Gasteiger partial charge in [0.1, 0.15) is 0 Å². The van der Waals surface area contributed by atoms with Gasteiger partial charge in [-0.25, -0.2) is 0 Å². The first-order chi connectivity index (χ1) is 10.1. The lowest BCUT2D eigenvalue weighted by atomic mass is 10.2. The third kappa shape index (κ3) is 3.75. The van der Waals surface area contributed by atoms with Gasteiger partial charge >= 0.3 is 0 Å². The summed E-state index contributed by atoms with van der Waals surface area (Å²) in [4.78, 5) is 12.0. The van der Waals surface area contributed by atoms with Crippen LogP contribution in [0.25, 0.3) is 6.08 Å². The number of rotatable bonds is 6. The van der Waals surface area contributed by atoms with Gasteiger partial charge in [0.05, 0.1) is 7.11 Å². The molecule has 0 aliphatic carbocycles. The molecule has 0 bridgehead atoms. The first kappa shape index (κ1) is 14.9. The van der Waals surface area contributed by atoms with Crippen LogP contribution in [0.2, 0.25) is 0 Å². The molecule has 0 radical (unpaired) electrons. The molecule has 1 heterocycles. The Balaban J connectivity index is 2.07. The number of ketones is 1. The normalized spacial score (nSPS) is 10.8. The number of methoxy groups -OCH3 is 1. The van der Waals surface area contributed by atoms with Crippen LogP contribution in [-0.4, -0.2) is 24.1 Å². The lowest BCUT2D eigenvalue weighted by molar-refractivity contribution is 0.0919. The minimum absolute atomic E-state index is 0.0106. The van der Waals surface area contributed by atoms with Gasteiger partial charge in [-0.15, -0.1) is 0 Å². The van der Waals surface area contributed by atoms with Gasteiger partial charge in [0.15, 0.2) is 18.1 Å². The van der Waals surface area contributed by atoms with E-state index in [1.807, 2.05) is 55.1 Å². The van der Waals surface area contributed by atoms with E-state index in [-0.39, 0.29) is 12.4 Å². The Morgan fingerprint density at radius 3 is 2.71 bits per heavy atom. The van der Waals surface area contributed by atoms with Crippen molar-refractivity contribution < 1.29 is 14.3 Å². The fourth-order valence-corrected chi connectivity index (χ4v) is 1.99. The van der Waals surface area contributed by atoms with Crippen molar-refractivity contribution >= 4 is 11.9 Å². The maximum absolute atomic E-state index is 12.0. The van der Waals surface area contributed by atoms with E-state index in [0.717, 1.165) is 5.56 Å². The van der Waals surface area contributed by atoms with Crippen LogP contribution in [0.3, 0.4) is 0 Å². The molecule has 0 unspecified atom stereocenters. The lowest BCUT2D eigenvalue weighted by Crippen LogP contribution is -2.11. The second-order valence-corrected chi connectivity index (χ2v) is 4.69. The highest BCUT2D eigenvalue weighted by atomic mass is 16.5. The Morgan fingerprint density at radius 1 is 1.29 bits per heavy atom. The molecule has 0 aliphatic heterocycles. The van der Waals surface area contributed by atoms with Crippen molar-refractivity contribution in [3.8, 4) is 11.5 Å². The zero-order valence-corrected chi connectivity index (χ0v) is 12.5. The summed E-state index contributed by atoms with van der Waals surface area (Å²) in [6.07, 6.45) is 7.54. The number of hydrogen-bond donors (Lipinski definition) is 0. The number of hydrogen-bond acceptors (Lipinski definition) is 3. The third-order valence-corrected chi connectivity index (χ3v) is 3.06. The number of ether oxygens (including phenoxy) is 2. The van der Waals surface area contributed by atoms with E-state index in [2.05, 4.69) is 0 Å². The molecule has 0 saturated carbocycles. The monoisotopic (exact) mass is 285 g/mol. The predicted octanol–water partition coefficient (Wildman–Crippen LogP) is 3.33. The van der Waals surface area contributed by atoms with Gasteiger partial charge in [-0.3, -0.25) is 4.79 Å². The van der Waals surface area contributed by atoms with Gasteiger partial charge in [0, 0.05) is 25.0 Å². The summed E-state index contributed by atoms with van der Waals surface area (Å²) in [6, 6.07) is 7.39. The molecule has 0 aliphatic rings. The number of allylic oxidation sites excluding steroid dienone is 1. The van der Waals surface area contributed by atoms with E-state index in [0.29, 0.717) is 17.1 Å². The van der Waals surface area contributed by atoms with Crippen LogP contribution in [0, 0.1) is 0 Å². The number of benzene rings is 1. The molecule has 2 aromatic rings. The molecule has 0 saturated heterocycles. The zero-order chi connectivity index (χ0) is 15.2. The molecule has 0 N–H and O–H groups in total. The zero-order valence-electron chi connectivity index (χ0n) is 12.5. The molecule has 4 heteroatoms. The topological polar surface area (TPSA) is 40.5 Å². The Bertz CT molecular complexity index is 656. The molecule has 21 heavy (non-hydrogen) atoms. The van der Waals surface area contributed by atoms with Crippen molar-refractivity contribution in [1.82, 2.24) is 4.57 Å². The molecular formula is C17H19NO3. The Labute approximate surface area is 124 Å². The molecule has 0 fully saturated rings. The molecule has 0 atom stereocenters. The first-order valence-electron chi connectivity index (χ1n) is 6.72. The summed E-state index contributed by atoms with van der Waals surface area (Å²) >= 11 is 0. The van der Waals surface area contributed by atoms with E-state index < -0.39 is 0 Å². The number of carbonyl (C=O) groups excluding carboxylic acids is 1. The average molecular weight is 285 g/mol. The SMILES string of the molecule is CC=Cc1ccc(OCC(=O)c2ccn(C)c2)c(OC)c1. The van der Waals surface area contributed by atoms with Gasteiger partial charge in [-0.05, 0) is 30.7 Å². The van der Waals surface area contributed by atoms with E-state index in [1.54, 1.807) is 19.4 Å². The lowest BCUT2D eigenvalue weighted by Gasteiger charge is -2.10. The van der Waals surface area contributed by atoms with E-state index >= 15 is 0 Å². The van der Waals surface area contributed by atoms with Crippen LogP contribution in [-0.2, 0) is 7.05 Å². The molecule has 0 amide bonds. The predicted molar refractivity (Wildman–Crippen MR) is 82.9 cm³/mol. The molecule has 1 aromatic carbocycles. The second-order valence-electron chi connectivity index (χ2n) is 4.69. The van der Waals surface area contributed by atoms with Gasteiger partial charge in [-0.1, -0.05) is 18.2 Å². The second kappa shape index (κ2) is 6.79. The van der Waals surface area contributed by atoms with Crippen LogP contribution < -0.4 is 9.47 Å². The number of nitrogens with zero attached hydrogens (tertiary/aromatic N) is 1. The summed E-state index contributed by atoms with van der Waals surface area (Å²) < 4.78 is 12.7. The van der Waals surface area contributed by atoms with Crippen LogP contribution in [0.4, 0.5) is 0 Å². The minimum atomic E-state index is -0.0600. The molecule has 1 aromatic heterocycles. The fourth-order valence-electron chi connectivity index (χ4n) is 1.99. The highest BCUT2D eigenvalue weighted by Crippen LogP contribution is 2.28. The number of Topliss-reactive ketones (excluding diaryl/α,β-unsaturated/α-hetero) is 1. The molecule has 2 rings (SSSR count). The number of carbonyl (C=O) groups is 1. The summed E-state index contributed by atoms with van der Waals surface area (Å²) in [5.74, 6) is 1.12. The van der Waals surface area contributed by atoms with Gasteiger partial charge < -0.3 is 14.0 Å². The standard InChI is InChI=1S/C17H19NO3/c1-4-5-13-6-7-16(17(10-13)20-3)21-12-15(19)14-8-9-18(2)11-14/h4-11H,12H2,1-3H3. The first-order valence-corrected chi connectivity index (χ1v) is 6.72. The van der Waals surface area contributed by atoms with Crippen molar-refractivity contribution in [2.45, 2.75) is 6.92 Å². The molecule has 4 nitrogen and oxygen atoms in total. The maximum atomic E-state index is 12.0. The molecule has 110 valence electrons. The largest absolute Gasteiger partial charge is 0.493 e. The summed E-state index contributed by atoms with van der Waals surface area (Å²) in [6.45, 7) is 1.94. The summed E-state index contributed by atoms with van der Waals surface area (Å²) in [7, 11) is 3.46. The van der Waals surface area contributed by atoms with Crippen LogP contribution in [0.5, 0.6) is 11.5 Å². The Kier molecular flexibility index (Phi) is 4.82. The van der Waals surface area contributed by atoms with E-state index in [9.17, 15) is 4.79 Å². The molecule has 0 spiro atoms. The third-order valence-electron chi connectivity index (χ3n) is 3.06. The highest BCUT2D eigenvalue weighted by Gasteiger charge is 2.10. The van der Waals surface area contributed by atoms with Gasteiger partial charge in [-0.2, -0.15) is 0 Å². The van der Waals surface area contributed by atoms with Crippen LogP contribution in [0.15, 0.2) is 42.7 Å². The molecular weight excluding hydrogens is 266 g/mol.